The monoisotopic (exact) mass is 204 g/mol. The summed E-state index contributed by atoms with van der Waals surface area (Å²) in [6, 6.07) is 5.08. The molecule has 0 amide bonds. The molecule has 1 aromatic heterocycles. The normalized spacial score (nSPS) is 9.50. The van der Waals surface area contributed by atoms with Gasteiger partial charge in [0.15, 0.2) is 5.92 Å². The number of rotatable bonds is 2. The van der Waals surface area contributed by atoms with E-state index in [0.29, 0.717) is 4.88 Å². The molecule has 4 heteroatoms. The summed E-state index contributed by atoms with van der Waals surface area (Å²) < 4.78 is 0. The molecule has 0 fully saturated rings. The van der Waals surface area contributed by atoms with Crippen LogP contribution in [-0.4, -0.2) is 5.78 Å². The van der Waals surface area contributed by atoms with Gasteiger partial charge in [0.1, 0.15) is 0 Å². The van der Waals surface area contributed by atoms with Gasteiger partial charge in [-0.05, 0) is 25.5 Å². The zero-order valence-corrected chi connectivity index (χ0v) is 8.68. The van der Waals surface area contributed by atoms with E-state index in [1.807, 2.05) is 13.8 Å². The van der Waals surface area contributed by atoms with E-state index in [0.717, 1.165) is 10.4 Å². The number of hydrogen-bond acceptors (Lipinski definition) is 4. The molecule has 0 radical (unpaired) electrons. The minimum Gasteiger partial charge on any atom is -0.291 e. The Labute approximate surface area is 86.2 Å². The Morgan fingerprint density at radius 3 is 2.36 bits per heavy atom. The van der Waals surface area contributed by atoms with E-state index in [1.165, 1.54) is 11.3 Å². The molecule has 0 saturated carbocycles. The van der Waals surface area contributed by atoms with Crippen LogP contribution in [0, 0.1) is 42.4 Å². The fraction of sp³-hybridized carbons (Fsp3) is 0.300. The number of thiophene rings is 1. The average Bonchev–Trinajstić information content (AvgIpc) is 2.49. The summed E-state index contributed by atoms with van der Waals surface area (Å²) in [7, 11) is 0. The molecule has 0 aliphatic rings. The van der Waals surface area contributed by atoms with Crippen LogP contribution in [-0.2, 0) is 0 Å². The van der Waals surface area contributed by atoms with Crippen LogP contribution in [0.25, 0.3) is 0 Å². The van der Waals surface area contributed by atoms with E-state index in [-0.39, 0.29) is 0 Å². The maximum atomic E-state index is 11.5. The fourth-order valence-electron chi connectivity index (χ4n) is 0.983. The Bertz CT molecular complexity index is 414. The van der Waals surface area contributed by atoms with Gasteiger partial charge in [-0.25, -0.2) is 0 Å². The summed E-state index contributed by atoms with van der Waals surface area (Å²) in [4.78, 5) is 13.1. The van der Waals surface area contributed by atoms with Gasteiger partial charge in [0.2, 0.25) is 5.78 Å². The van der Waals surface area contributed by atoms with Gasteiger partial charge in [-0.3, -0.25) is 4.79 Å². The number of ketones is 1. The van der Waals surface area contributed by atoms with E-state index in [4.69, 9.17) is 10.5 Å². The Balaban J connectivity index is 3.03. The quantitative estimate of drug-likeness (QED) is 0.694. The van der Waals surface area contributed by atoms with Gasteiger partial charge in [0.25, 0.3) is 0 Å². The molecule has 1 heterocycles. The van der Waals surface area contributed by atoms with Crippen molar-refractivity contribution in [3.8, 4) is 12.1 Å². The lowest BCUT2D eigenvalue weighted by Crippen LogP contribution is -2.08. The number of Topliss-reactive ketones (excluding diaryl/α,β-unsaturated/α-hetero) is 1. The fourth-order valence-corrected chi connectivity index (χ4v) is 1.99. The topological polar surface area (TPSA) is 64.7 Å². The van der Waals surface area contributed by atoms with E-state index < -0.39 is 11.7 Å². The van der Waals surface area contributed by atoms with Crippen molar-refractivity contribution in [2.24, 2.45) is 5.92 Å². The number of nitriles is 2. The number of hydrogen-bond donors (Lipinski definition) is 0. The molecule has 0 saturated heterocycles. The third-order valence-electron chi connectivity index (χ3n) is 1.93. The van der Waals surface area contributed by atoms with Crippen molar-refractivity contribution < 1.29 is 4.79 Å². The lowest BCUT2D eigenvalue weighted by Gasteiger charge is -1.93. The second-order valence-electron chi connectivity index (χ2n) is 2.91. The second kappa shape index (κ2) is 4.04. The van der Waals surface area contributed by atoms with Crippen molar-refractivity contribution in [2.75, 3.05) is 0 Å². The molecule has 14 heavy (non-hydrogen) atoms. The van der Waals surface area contributed by atoms with Crippen molar-refractivity contribution in [1.82, 2.24) is 0 Å². The van der Waals surface area contributed by atoms with Crippen LogP contribution in [0.1, 0.15) is 20.1 Å². The van der Waals surface area contributed by atoms with Crippen LogP contribution in [0.4, 0.5) is 0 Å². The summed E-state index contributed by atoms with van der Waals surface area (Å²) in [6.45, 7) is 3.81. The van der Waals surface area contributed by atoms with Crippen LogP contribution < -0.4 is 0 Å². The summed E-state index contributed by atoms with van der Waals surface area (Å²) in [5, 5.41) is 17.1. The maximum absolute atomic E-state index is 11.5. The molecule has 0 atom stereocenters. The van der Waals surface area contributed by atoms with Crippen molar-refractivity contribution in [2.45, 2.75) is 13.8 Å². The van der Waals surface area contributed by atoms with Gasteiger partial charge >= 0.3 is 0 Å². The summed E-state index contributed by atoms with van der Waals surface area (Å²) in [5.74, 6) is -1.57. The molecule has 70 valence electrons. The Hall–Kier alpha value is -1.65. The highest BCUT2D eigenvalue weighted by Gasteiger charge is 2.20. The molecule has 0 spiro atoms. The molecule has 3 nitrogen and oxygen atoms in total. The van der Waals surface area contributed by atoms with Crippen LogP contribution in [0.2, 0.25) is 0 Å². The molecule has 1 aromatic rings. The third-order valence-corrected chi connectivity index (χ3v) is 3.10. The highest BCUT2D eigenvalue weighted by atomic mass is 32.1. The molecule has 0 aromatic carbocycles. The molecule has 1 rings (SSSR count). The van der Waals surface area contributed by atoms with Gasteiger partial charge in [0.05, 0.1) is 17.0 Å². The number of aryl methyl sites for hydroxylation is 2. The Morgan fingerprint density at radius 2 is 2.00 bits per heavy atom. The molecular weight excluding hydrogens is 196 g/mol. The van der Waals surface area contributed by atoms with Gasteiger partial charge in [-0.15, -0.1) is 11.3 Å². The van der Waals surface area contributed by atoms with Crippen LogP contribution in [0.15, 0.2) is 6.07 Å². The smallest absolute Gasteiger partial charge is 0.204 e. The standard InChI is InChI=1S/C10H8N2OS/c1-6-3-9(14-7(6)2)10(13)8(4-11)5-12/h3,8H,1-2H3. The molecule has 0 aliphatic heterocycles. The number of nitrogens with zero attached hydrogens (tertiary/aromatic N) is 2. The lowest BCUT2D eigenvalue weighted by molar-refractivity contribution is 0.0975. The zero-order chi connectivity index (χ0) is 10.7. The highest BCUT2D eigenvalue weighted by molar-refractivity contribution is 7.14. The van der Waals surface area contributed by atoms with Crippen molar-refractivity contribution in [3.63, 3.8) is 0 Å². The first-order valence-corrected chi connectivity index (χ1v) is 4.82. The van der Waals surface area contributed by atoms with E-state index in [2.05, 4.69) is 0 Å². The molecule has 0 N–H and O–H groups in total. The van der Waals surface area contributed by atoms with E-state index in [9.17, 15) is 4.79 Å². The zero-order valence-electron chi connectivity index (χ0n) is 7.87. The van der Waals surface area contributed by atoms with Crippen LogP contribution in [0.3, 0.4) is 0 Å². The second-order valence-corrected chi connectivity index (χ2v) is 4.16. The predicted molar refractivity (Wildman–Crippen MR) is 52.8 cm³/mol. The van der Waals surface area contributed by atoms with Crippen LogP contribution >= 0.6 is 11.3 Å². The first-order valence-electron chi connectivity index (χ1n) is 4.00. The SMILES string of the molecule is Cc1cc(C(=O)C(C#N)C#N)sc1C. The van der Waals surface area contributed by atoms with Gasteiger partial charge in [0, 0.05) is 4.88 Å². The van der Waals surface area contributed by atoms with Gasteiger partial charge < -0.3 is 0 Å². The van der Waals surface area contributed by atoms with Gasteiger partial charge in [-0.1, -0.05) is 0 Å². The minimum absolute atomic E-state index is 0.392. The van der Waals surface area contributed by atoms with Crippen molar-refractivity contribution in [3.05, 3.63) is 21.4 Å². The summed E-state index contributed by atoms with van der Waals surface area (Å²) >= 11 is 1.33. The third kappa shape index (κ3) is 1.81. The summed E-state index contributed by atoms with van der Waals surface area (Å²) in [6.07, 6.45) is 0. The Morgan fingerprint density at radius 1 is 1.43 bits per heavy atom. The average molecular weight is 204 g/mol. The first-order chi connectivity index (χ1) is 6.60. The molecule has 0 unspecified atom stereocenters. The lowest BCUT2D eigenvalue weighted by atomic mass is 10.1. The molecular formula is C10H8N2OS. The number of carbonyl (C=O) groups excluding carboxylic acids is 1. The number of carbonyl (C=O) groups is 1. The largest absolute Gasteiger partial charge is 0.291 e. The summed E-state index contributed by atoms with van der Waals surface area (Å²) in [5.41, 5.74) is 1.02. The van der Waals surface area contributed by atoms with Crippen LogP contribution in [0.5, 0.6) is 0 Å². The molecule has 0 bridgehead atoms. The van der Waals surface area contributed by atoms with E-state index >= 15 is 0 Å². The van der Waals surface area contributed by atoms with E-state index in [1.54, 1.807) is 18.2 Å². The minimum atomic E-state index is -1.17. The predicted octanol–water partition coefficient (Wildman–Crippen LogP) is 2.21. The van der Waals surface area contributed by atoms with Gasteiger partial charge in [-0.2, -0.15) is 10.5 Å². The highest BCUT2D eigenvalue weighted by Crippen LogP contribution is 2.22. The molecule has 0 aliphatic carbocycles. The first kappa shape index (κ1) is 10.4. The van der Waals surface area contributed by atoms with Crippen molar-refractivity contribution >= 4 is 17.1 Å². The van der Waals surface area contributed by atoms with Crippen molar-refractivity contribution in [1.29, 1.82) is 10.5 Å². The Kier molecular flexibility index (Phi) is 3.01. The maximum Gasteiger partial charge on any atom is 0.204 e.